The number of alkyl halides is 1. The van der Waals surface area contributed by atoms with E-state index in [1.54, 1.807) is 0 Å². The van der Waals surface area contributed by atoms with Gasteiger partial charge in [-0.3, -0.25) is 0 Å². The zero-order chi connectivity index (χ0) is 19.1. The van der Waals surface area contributed by atoms with E-state index in [9.17, 15) is 0 Å². The molecule has 138 valence electrons. The van der Waals surface area contributed by atoms with E-state index in [1.165, 1.54) is 6.33 Å². The molecule has 0 spiro atoms. The predicted octanol–water partition coefficient (Wildman–Crippen LogP) is 4.76. The number of rotatable bonds is 8. The number of nitrogens with one attached hydrogen (secondary N) is 1. The fraction of sp³-hybridized carbons (Fsp3) is 0.238. The van der Waals surface area contributed by atoms with Crippen LogP contribution in [0.3, 0.4) is 0 Å². The molecule has 0 atom stereocenters. The standard InChI is InChI=1S/C21H20ClN3O2/c1-3-9-26-20-13-18-17(12-19(20)27-10-8-22)21(24-14-23-18)25-16-7-5-6-15(4-2)11-16/h2,5-7,11-14H,3,8-10H2,1H3,(H,23,24,25). The Bertz CT molecular complexity index is 969. The molecule has 1 heterocycles. The molecule has 3 rings (SSSR count). The van der Waals surface area contributed by atoms with E-state index in [0.29, 0.717) is 36.4 Å². The lowest BCUT2D eigenvalue weighted by atomic mass is 10.2. The third kappa shape index (κ3) is 4.60. The van der Waals surface area contributed by atoms with Crippen LogP contribution in [0.2, 0.25) is 0 Å². The van der Waals surface area contributed by atoms with Crippen molar-refractivity contribution in [3.8, 4) is 23.8 Å². The van der Waals surface area contributed by atoms with Crippen LogP contribution < -0.4 is 14.8 Å². The van der Waals surface area contributed by atoms with Crippen LogP contribution in [0.25, 0.3) is 10.9 Å². The molecule has 0 aliphatic rings. The average Bonchev–Trinajstić information content (AvgIpc) is 2.71. The van der Waals surface area contributed by atoms with Gasteiger partial charge in [-0.05, 0) is 30.7 Å². The Kier molecular flexibility index (Phi) is 6.35. The number of ether oxygens (including phenoxy) is 2. The minimum Gasteiger partial charge on any atom is -0.490 e. The first-order valence-corrected chi connectivity index (χ1v) is 9.22. The van der Waals surface area contributed by atoms with Gasteiger partial charge in [-0.1, -0.05) is 18.9 Å². The van der Waals surface area contributed by atoms with Crippen LogP contribution in [0.15, 0.2) is 42.7 Å². The quantitative estimate of drug-likeness (QED) is 0.450. The minimum absolute atomic E-state index is 0.385. The number of anilines is 2. The molecule has 0 bridgehead atoms. The Morgan fingerprint density at radius 2 is 1.93 bits per heavy atom. The lowest BCUT2D eigenvalue weighted by Gasteiger charge is -2.14. The van der Waals surface area contributed by atoms with E-state index in [0.717, 1.165) is 28.6 Å². The average molecular weight is 382 g/mol. The summed E-state index contributed by atoms with van der Waals surface area (Å²) < 4.78 is 11.6. The van der Waals surface area contributed by atoms with E-state index < -0.39 is 0 Å². The number of halogens is 1. The van der Waals surface area contributed by atoms with Crippen molar-refractivity contribution >= 4 is 34.0 Å². The van der Waals surface area contributed by atoms with Crippen LogP contribution in [-0.4, -0.2) is 29.1 Å². The van der Waals surface area contributed by atoms with Crippen molar-refractivity contribution in [3.63, 3.8) is 0 Å². The monoisotopic (exact) mass is 381 g/mol. The van der Waals surface area contributed by atoms with Gasteiger partial charge < -0.3 is 14.8 Å². The van der Waals surface area contributed by atoms with Crippen LogP contribution in [0.5, 0.6) is 11.5 Å². The van der Waals surface area contributed by atoms with Crippen LogP contribution in [0, 0.1) is 12.3 Å². The fourth-order valence-electron chi connectivity index (χ4n) is 2.57. The molecule has 0 radical (unpaired) electrons. The normalized spacial score (nSPS) is 10.4. The molecule has 0 aliphatic heterocycles. The van der Waals surface area contributed by atoms with E-state index in [2.05, 4.69) is 28.1 Å². The zero-order valence-electron chi connectivity index (χ0n) is 15.0. The van der Waals surface area contributed by atoms with Crippen molar-refractivity contribution in [1.82, 2.24) is 9.97 Å². The lowest BCUT2D eigenvalue weighted by Crippen LogP contribution is -2.04. The van der Waals surface area contributed by atoms with Crippen LogP contribution in [0.1, 0.15) is 18.9 Å². The van der Waals surface area contributed by atoms with E-state index in [1.807, 2.05) is 36.4 Å². The molecule has 0 saturated heterocycles. The largest absolute Gasteiger partial charge is 0.490 e. The van der Waals surface area contributed by atoms with E-state index in [-0.39, 0.29) is 0 Å². The lowest BCUT2D eigenvalue weighted by molar-refractivity contribution is 0.278. The first-order chi connectivity index (χ1) is 13.2. The third-order valence-corrected chi connectivity index (χ3v) is 3.94. The first-order valence-electron chi connectivity index (χ1n) is 8.69. The summed E-state index contributed by atoms with van der Waals surface area (Å²) in [5.74, 6) is 4.94. The summed E-state index contributed by atoms with van der Waals surface area (Å²) in [7, 11) is 0. The molecule has 0 aliphatic carbocycles. The molecule has 27 heavy (non-hydrogen) atoms. The molecule has 2 aromatic carbocycles. The topological polar surface area (TPSA) is 56.3 Å². The van der Waals surface area contributed by atoms with Gasteiger partial charge in [-0.15, -0.1) is 18.0 Å². The molecule has 1 aromatic heterocycles. The van der Waals surface area contributed by atoms with Crippen molar-refractivity contribution in [2.45, 2.75) is 13.3 Å². The third-order valence-electron chi connectivity index (χ3n) is 3.79. The molecule has 0 saturated carbocycles. The maximum atomic E-state index is 5.81. The second kappa shape index (κ2) is 9.11. The molecule has 0 amide bonds. The van der Waals surface area contributed by atoms with E-state index in [4.69, 9.17) is 27.5 Å². The van der Waals surface area contributed by atoms with Crippen molar-refractivity contribution in [2.24, 2.45) is 0 Å². The Morgan fingerprint density at radius 3 is 2.70 bits per heavy atom. The summed E-state index contributed by atoms with van der Waals surface area (Å²) in [6.45, 7) is 3.03. The van der Waals surface area contributed by atoms with Crippen LogP contribution in [-0.2, 0) is 0 Å². The van der Waals surface area contributed by atoms with Gasteiger partial charge in [0.2, 0.25) is 0 Å². The maximum absolute atomic E-state index is 5.81. The number of aromatic nitrogens is 2. The minimum atomic E-state index is 0.385. The molecule has 6 heteroatoms. The predicted molar refractivity (Wildman–Crippen MR) is 109 cm³/mol. The summed E-state index contributed by atoms with van der Waals surface area (Å²) >= 11 is 5.77. The van der Waals surface area contributed by atoms with Gasteiger partial charge in [0.1, 0.15) is 18.8 Å². The number of benzene rings is 2. The summed E-state index contributed by atoms with van der Waals surface area (Å²) in [4.78, 5) is 8.74. The summed E-state index contributed by atoms with van der Waals surface area (Å²) in [5.41, 5.74) is 2.39. The summed E-state index contributed by atoms with van der Waals surface area (Å²) in [6, 6.07) is 11.3. The van der Waals surface area contributed by atoms with Crippen LogP contribution in [0.4, 0.5) is 11.5 Å². The molecule has 0 unspecified atom stereocenters. The van der Waals surface area contributed by atoms with Gasteiger partial charge >= 0.3 is 0 Å². The van der Waals surface area contributed by atoms with Crippen molar-refractivity contribution < 1.29 is 9.47 Å². The highest BCUT2D eigenvalue weighted by molar-refractivity contribution is 6.18. The Labute approximate surface area is 163 Å². The maximum Gasteiger partial charge on any atom is 0.163 e. The second-order valence-corrected chi connectivity index (χ2v) is 6.15. The summed E-state index contributed by atoms with van der Waals surface area (Å²) in [5, 5.41) is 4.12. The van der Waals surface area contributed by atoms with Crippen molar-refractivity contribution in [3.05, 3.63) is 48.3 Å². The number of fused-ring (bicyclic) bond motifs is 1. The zero-order valence-corrected chi connectivity index (χ0v) is 15.8. The van der Waals surface area contributed by atoms with Crippen molar-refractivity contribution in [1.29, 1.82) is 0 Å². The number of nitrogens with zero attached hydrogens (tertiary/aromatic N) is 2. The highest BCUT2D eigenvalue weighted by atomic mass is 35.5. The van der Waals surface area contributed by atoms with Gasteiger partial charge in [0.15, 0.2) is 11.5 Å². The first kappa shape index (κ1) is 18.8. The molecule has 5 nitrogen and oxygen atoms in total. The fourth-order valence-corrected chi connectivity index (χ4v) is 2.65. The molecule has 0 fully saturated rings. The Hall–Kier alpha value is -2.97. The van der Waals surface area contributed by atoms with E-state index >= 15 is 0 Å². The smallest absolute Gasteiger partial charge is 0.163 e. The number of hydrogen-bond donors (Lipinski definition) is 1. The highest BCUT2D eigenvalue weighted by Gasteiger charge is 2.12. The Morgan fingerprint density at radius 1 is 1.11 bits per heavy atom. The van der Waals surface area contributed by atoms with Gasteiger partial charge in [0, 0.05) is 22.7 Å². The Balaban J connectivity index is 2.01. The second-order valence-electron chi connectivity index (χ2n) is 5.77. The molecular formula is C21H20ClN3O2. The summed E-state index contributed by atoms with van der Waals surface area (Å²) in [6.07, 6.45) is 7.89. The van der Waals surface area contributed by atoms with Crippen LogP contribution >= 0.6 is 11.6 Å². The van der Waals surface area contributed by atoms with Gasteiger partial charge in [-0.2, -0.15) is 0 Å². The number of hydrogen-bond acceptors (Lipinski definition) is 5. The van der Waals surface area contributed by atoms with Gasteiger partial charge in [-0.25, -0.2) is 9.97 Å². The molecule has 1 N–H and O–H groups in total. The van der Waals surface area contributed by atoms with Gasteiger partial charge in [0.25, 0.3) is 0 Å². The van der Waals surface area contributed by atoms with Crippen molar-refractivity contribution in [2.75, 3.05) is 24.4 Å². The molecule has 3 aromatic rings. The number of terminal acetylenes is 1. The molecular weight excluding hydrogens is 362 g/mol. The SMILES string of the molecule is C#Cc1cccc(Nc2ncnc3cc(OCCC)c(OCCCl)cc23)c1. The highest BCUT2D eigenvalue weighted by Crippen LogP contribution is 2.35. The van der Waals surface area contributed by atoms with Gasteiger partial charge in [0.05, 0.1) is 18.0 Å².